The summed E-state index contributed by atoms with van der Waals surface area (Å²) in [6.07, 6.45) is 1.77. The van der Waals surface area contributed by atoms with Gasteiger partial charge in [-0.3, -0.25) is 4.79 Å². The molecular weight excluding hydrogens is 164 g/mol. The molecule has 1 fully saturated rings. The van der Waals surface area contributed by atoms with Crippen LogP contribution in [-0.4, -0.2) is 24.5 Å². The van der Waals surface area contributed by atoms with E-state index < -0.39 is 0 Å². The molecule has 2 atom stereocenters. The van der Waals surface area contributed by atoms with Gasteiger partial charge in [0.25, 0.3) is 0 Å². The summed E-state index contributed by atoms with van der Waals surface area (Å²) in [6.45, 7) is 7.40. The summed E-state index contributed by atoms with van der Waals surface area (Å²) in [6, 6.07) is 0.887. The molecule has 0 radical (unpaired) electrons. The van der Waals surface area contributed by atoms with Crippen molar-refractivity contribution in [3.05, 3.63) is 0 Å². The number of hydrogen-bond donors (Lipinski definition) is 2. The fraction of sp³-hybridized carbons (Fsp3) is 0.900. The molecule has 0 aromatic carbocycles. The molecule has 1 heterocycles. The molecular formula is C10H20N2O. The molecule has 1 aliphatic heterocycles. The van der Waals surface area contributed by atoms with Crippen LogP contribution < -0.4 is 10.6 Å². The van der Waals surface area contributed by atoms with Crippen molar-refractivity contribution in [3.8, 4) is 0 Å². The van der Waals surface area contributed by atoms with Crippen LogP contribution in [0.1, 0.15) is 33.6 Å². The van der Waals surface area contributed by atoms with Crippen LogP contribution in [0.4, 0.5) is 0 Å². The summed E-state index contributed by atoms with van der Waals surface area (Å²) < 4.78 is 0. The van der Waals surface area contributed by atoms with Gasteiger partial charge < -0.3 is 10.6 Å². The Labute approximate surface area is 80.3 Å². The minimum Gasteiger partial charge on any atom is -0.354 e. The molecule has 76 valence electrons. The van der Waals surface area contributed by atoms with E-state index in [4.69, 9.17) is 0 Å². The van der Waals surface area contributed by atoms with Crippen LogP contribution in [0.25, 0.3) is 0 Å². The van der Waals surface area contributed by atoms with Crippen LogP contribution in [0.15, 0.2) is 0 Å². The second kappa shape index (κ2) is 4.61. The molecule has 1 amide bonds. The first-order chi connectivity index (χ1) is 6.13. The Morgan fingerprint density at radius 1 is 1.62 bits per heavy atom. The van der Waals surface area contributed by atoms with Crippen molar-refractivity contribution in [1.82, 2.24) is 10.6 Å². The number of carbonyl (C=O) groups excluding carboxylic acids is 1. The van der Waals surface area contributed by atoms with E-state index in [1.165, 1.54) is 0 Å². The molecule has 0 aromatic rings. The lowest BCUT2D eigenvalue weighted by atomic mass is 10.0. The fourth-order valence-electron chi connectivity index (χ4n) is 1.81. The molecule has 2 N–H and O–H groups in total. The lowest BCUT2D eigenvalue weighted by Crippen LogP contribution is -2.42. The van der Waals surface area contributed by atoms with Gasteiger partial charge in [0, 0.05) is 25.0 Å². The van der Waals surface area contributed by atoms with Gasteiger partial charge in [-0.2, -0.15) is 0 Å². The van der Waals surface area contributed by atoms with Crippen molar-refractivity contribution in [2.75, 3.05) is 6.54 Å². The van der Waals surface area contributed by atoms with Gasteiger partial charge in [-0.1, -0.05) is 20.8 Å². The van der Waals surface area contributed by atoms with Crippen LogP contribution in [-0.2, 0) is 4.79 Å². The molecule has 0 aromatic heterocycles. The quantitative estimate of drug-likeness (QED) is 0.681. The van der Waals surface area contributed by atoms with Crippen molar-refractivity contribution in [2.24, 2.45) is 5.92 Å². The number of carbonyl (C=O) groups is 1. The van der Waals surface area contributed by atoms with Gasteiger partial charge in [-0.05, 0) is 12.3 Å². The molecule has 1 rings (SSSR count). The highest BCUT2D eigenvalue weighted by atomic mass is 16.1. The van der Waals surface area contributed by atoms with Gasteiger partial charge in [0.05, 0.1) is 0 Å². The van der Waals surface area contributed by atoms with Crippen molar-refractivity contribution in [3.63, 3.8) is 0 Å². The second-order valence-corrected chi connectivity index (χ2v) is 4.13. The van der Waals surface area contributed by atoms with E-state index in [0.717, 1.165) is 13.0 Å². The van der Waals surface area contributed by atoms with E-state index in [1.54, 1.807) is 0 Å². The molecule has 13 heavy (non-hydrogen) atoms. The maximum absolute atomic E-state index is 10.9. The van der Waals surface area contributed by atoms with Gasteiger partial charge in [-0.15, -0.1) is 0 Å². The standard InChI is InChI=1S/C10H20N2O/c1-4-9(7(2)3)12-8-5-10(13)11-6-8/h7-9,12H,4-6H2,1-3H3,(H,11,13). The van der Waals surface area contributed by atoms with Crippen LogP contribution in [0, 0.1) is 5.92 Å². The number of nitrogens with one attached hydrogen (secondary N) is 2. The van der Waals surface area contributed by atoms with Gasteiger partial charge in [-0.25, -0.2) is 0 Å². The molecule has 3 nitrogen and oxygen atoms in total. The van der Waals surface area contributed by atoms with Crippen LogP contribution in [0.2, 0.25) is 0 Å². The minimum atomic E-state index is 0.177. The van der Waals surface area contributed by atoms with Crippen molar-refractivity contribution in [1.29, 1.82) is 0 Å². The van der Waals surface area contributed by atoms with E-state index >= 15 is 0 Å². The average Bonchev–Trinajstić information content (AvgIpc) is 2.46. The zero-order valence-electron chi connectivity index (χ0n) is 8.76. The molecule has 1 aliphatic rings. The number of rotatable bonds is 4. The predicted octanol–water partition coefficient (Wildman–Crippen LogP) is 0.899. The first kappa shape index (κ1) is 10.5. The number of amides is 1. The lowest BCUT2D eigenvalue weighted by Gasteiger charge is -2.24. The third-order valence-electron chi connectivity index (χ3n) is 2.67. The highest BCUT2D eigenvalue weighted by molar-refractivity contribution is 5.78. The first-order valence-electron chi connectivity index (χ1n) is 5.16. The molecule has 1 saturated heterocycles. The van der Waals surface area contributed by atoms with Gasteiger partial charge in [0.2, 0.25) is 5.91 Å². The maximum atomic E-state index is 10.9. The predicted molar refractivity (Wildman–Crippen MR) is 53.5 cm³/mol. The zero-order chi connectivity index (χ0) is 9.84. The fourth-order valence-corrected chi connectivity index (χ4v) is 1.81. The minimum absolute atomic E-state index is 0.177. The van der Waals surface area contributed by atoms with Gasteiger partial charge >= 0.3 is 0 Å². The summed E-state index contributed by atoms with van der Waals surface area (Å²) in [5.74, 6) is 0.816. The van der Waals surface area contributed by atoms with Crippen molar-refractivity contribution < 1.29 is 4.79 Å². The van der Waals surface area contributed by atoms with E-state index in [-0.39, 0.29) is 5.91 Å². The Morgan fingerprint density at radius 2 is 2.31 bits per heavy atom. The average molecular weight is 184 g/mol. The SMILES string of the molecule is CCC(NC1CNC(=O)C1)C(C)C. The van der Waals surface area contributed by atoms with Crippen molar-refractivity contribution >= 4 is 5.91 Å². The Bertz CT molecular complexity index is 180. The molecule has 0 bridgehead atoms. The Morgan fingerprint density at radius 3 is 2.69 bits per heavy atom. The van der Waals surface area contributed by atoms with Crippen molar-refractivity contribution in [2.45, 2.75) is 45.7 Å². The van der Waals surface area contributed by atoms with Crippen LogP contribution in [0.5, 0.6) is 0 Å². The third-order valence-corrected chi connectivity index (χ3v) is 2.67. The van der Waals surface area contributed by atoms with E-state index in [0.29, 0.717) is 24.4 Å². The van der Waals surface area contributed by atoms with Crippen LogP contribution >= 0.6 is 0 Å². The summed E-state index contributed by atoms with van der Waals surface area (Å²) >= 11 is 0. The van der Waals surface area contributed by atoms with E-state index in [1.807, 2.05) is 0 Å². The summed E-state index contributed by atoms with van der Waals surface area (Å²) in [5.41, 5.74) is 0. The summed E-state index contributed by atoms with van der Waals surface area (Å²) in [5, 5.41) is 6.35. The lowest BCUT2D eigenvalue weighted by molar-refractivity contribution is -0.119. The largest absolute Gasteiger partial charge is 0.354 e. The monoisotopic (exact) mass is 184 g/mol. The Hall–Kier alpha value is -0.570. The molecule has 0 saturated carbocycles. The molecule has 3 heteroatoms. The first-order valence-corrected chi connectivity index (χ1v) is 5.16. The number of hydrogen-bond acceptors (Lipinski definition) is 2. The van der Waals surface area contributed by atoms with Gasteiger partial charge in [0.15, 0.2) is 0 Å². The highest BCUT2D eigenvalue weighted by Crippen LogP contribution is 2.09. The third kappa shape index (κ3) is 2.99. The molecule has 0 aliphatic carbocycles. The van der Waals surface area contributed by atoms with E-state index in [2.05, 4.69) is 31.4 Å². The zero-order valence-corrected chi connectivity index (χ0v) is 8.76. The van der Waals surface area contributed by atoms with Gasteiger partial charge in [0.1, 0.15) is 0 Å². The Balaban J connectivity index is 2.34. The maximum Gasteiger partial charge on any atom is 0.221 e. The summed E-state index contributed by atoms with van der Waals surface area (Å²) in [7, 11) is 0. The Kier molecular flexibility index (Phi) is 3.72. The van der Waals surface area contributed by atoms with Crippen LogP contribution in [0.3, 0.4) is 0 Å². The topological polar surface area (TPSA) is 41.1 Å². The second-order valence-electron chi connectivity index (χ2n) is 4.13. The summed E-state index contributed by atoms with van der Waals surface area (Å²) in [4.78, 5) is 10.9. The highest BCUT2D eigenvalue weighted by Gasteiger charge is 2.24. The molecule has 0 spiro atoms. The normalized spacial score (nSPS) is 24.9. The molecule has 2 unspecified atom stereocenters. The smallest absolute Gasteiger partial charge is 0.221 e. The van der Waals surface area contributed by atoms with E-state index in [9.17, 15) is 4.79 Å².